The van der Waals surface area contributed by atoms with Gasteiger partial charge in [-0.25, -0.2) is 9.79 Å². The number of nitrogens with one attached hydrogen (secondary N) is 1. The highest BCUT2D eigenvalue weighted by molar-refractivity contribution is 8.18. The van der Waals surface area contributed by atoms with Gasteiger partial charge in [0.2, 0.25) is 0 Å². The fourth-order valence-electron chi connectivity index (χ4n) is 2.88. The number of halogens is 1. The average Bonchev–Trinajstić information content (AvgIpc) is 3.31. The molecule has 0 atom stereocenters. The van der Waals surface area contributed by atoms with Crippen LogP contribution in [0.15, 0.2) is 68.9 Å². The number of hydrogen-bond acceptors (Lipinski definition) is 5. The maximum absolute atomic E-state index is 12.3. The Labute approximate surface area is 181 Å². The molecule has 0 saturated carbocycles. The fourth-order valence-corrected chi connectivity index (χ4v) is 3.86. The molecule has 3 aromatic rings. The maximum Gasteiger partial charge on any atom is 0.336 e. The third kappa shape index (κ3) is 4.17. The zero-order valence-corrected chi connectivity index (χ0v) is 17.3. The van der Waals surface area contributed by atoms with Gasteiger partial charge >= 0.3 is 5.97 Å². The number of carbonyl (C=O) groups excluding carboxylic acids is 1. The topological polar surface area (TPSA) is 91.9 Å². The molecule has 1 fully saturated rings. The van der Waals surface area contributed by atoms with E-state index >= 15 is 0 Å². The summed E-state index contributed by atoms with van der Waals surface area (Å²) < 4.78 is 5.77. The number of furan rings is 1. The van der Waals surface area contributed by atoms with Crippen LogP contribution >= 0.6 is 23.4 Å². The van der Waals surface area contributed by atoms with Crippen molar-refractivity contribution in [1.82, 2.24) is 5.32 Å². The molecule has 1 aromatic heterocycles. The fraction of sp³-hybridized carbons (Fsp3) is 0.0455. The molecule has 8 heteroatoms. The number of carboxylic acid groups (broad SMARTS) is 1. The Hall–Kier alpha value is -3.29. The lowest BCUT2D eigenvalue weighted by Crippen LogP contribution is -2.19. The lowest BCUT2D eigenvalue weighted by atomic mass is 10.1. The molecule has 30 heavy (non-hydrogen) atoms. The molecule has 2 heterocycles. The Morgan fingerprint density at radius 1 is 1.20 bits per heavy atom. The molecule has 2 aromatic carbocycles. The van der Waals surface area contributed by atoms with Crippen molar-refractivity contribution in [2.24, 2.45) is 4.99 Å². The summed E-state index contributed by atoms with van der Waals surface area (Å²) in [5.41, 5.74) is 2.23. The van der Waals surface area contributed by atoms with E-state index in [1.54, 1.807) is 48.5 Å². The number of carbonyl (C=O) groups is 2. The molecule has 4 rings (SSSR count). The summed E-state index contributed by atoms with van der Waals surface area (Å²) >= 11 is 7.22. The van der Waals surface area contributed by atoms with Gasteiger partial charge in [-0.15, -0.1) is 0 Å². The third-order valence-corrected chi connectivity index (χ3v) is 5.51. The number of amides is 1. The van der Waals surface area contributed by atoms with Crippen molar-refractivity contribution < 1.29 is 19.1 Å². The molecular weight excluding hydrogens is 424 g/mol. The number of amidine groups is 1. The van der Waals surface area contributed by atoms with Crippen LogP contribution in [0.5, 0.6) is 0 Å². The second-order valence-corrected chi connectivity index (χ2v) is 7.93. The van der Waals surface area contributed by atoms with Gasteiger partial charge in [-0.1, -0.05) is 35.9 Å². The maximum atomic E-state index is 12.3. The number of aryl methyl sites for hydroxylation is 1. The first kappa shape index (κ1) is 20.0. The summed E-state index contributed by atoms with van der Waals surface area (Å²) in [5.74, 6) is -0.484. The molecule has 0 aliphatic carbocycles. The van der Waals surface area contributed by atoms with Crippen LogP contribution in [0.4, 0.5) is 5.69 Å². The monoisotopic (exact) mass is 438 g/mol. The van der Waals surface area contributed by atoms with Gasteiger partial charge in [-0.2, -0.15) is 0 Å². The normalized spacial score (nSPS) is 16.3. The van der Waals surface area contributed by atoms with E-state index in [4.69, 9.17) is 16.0 Å². The predicted molar refractivity (Wildman–Crippen MR) is 118 cm³/mol. The molecule has 2 N–H and O–H groups in total. The smallest absolute Gasteiger partial charge is 0.336 e. The first-order chi connectivity index (χ1) is 14.4. The number of thioether (sulfide) groups is 1. The number of carboxylic acids is 1. The quantitative estimate of drug-likeness (QED) is 0.525. The van der Waals surface area contributed by atoms with E-state index in [1.807, 2.05) is 13.0 Å². The van der Waals surface area contributed by atoms with Crippen molar-refractivity contribution in [2.45, 2.75) is 6.92 Å². The molecule has 1 saturated heterocycles. The molecule has 150 valence electrons. The minimum absolute atomic E-state index is 0.144. The Bertz CT molecular complexity index is 1230. The Morgan fingerprint density at radius 3 is 2.80 bits per heavy atom. The lowest BCUT2D eigenvalue weighted by Gasteiger charge is -2.02. The van der Waals surface area contributed by atoms with E-state index < -0.39 is 5.97 Å². The van der Waals surface area contributed by atoms with Crippen molar-refractivity contribution in [1.29, 1.82) is 0 Å². The number of hydrogen-bond donors (Lipinski definition) is 2. The number of nitrogens with zero attached hydrogens (tertiary/aromatic N) is 1. The first-order valence-electron chi connectivity index (χ1n) is 8.89. The summed E-state index contributed by atoms with van der Waals surface area (Å²) in [4.78, 5) is 28.6. The van der Waals surface area contributed by atoms with Crippen LogP contribution in [-0.4, -0.2) is 22.2 Å². The van der Waals surface area contributed by atoms with Crippen molar-refractivity contribution in [3.05, 3.63) is 81.4 Å². The first-order valence-corrected chi connectivity index (χ1v) is 10.1. The molecule has 0 unspecified atom stereocenters. The van der Waals surface area contributed by atoms with E-state index in [9.17, 15) is 14.7 Å². The van der Waals surface area contributed by atoms with Gasteiger partial charge in [0.15, 0.2) is 5.17 Å². The van der Waals surface area contributed by atoms with Gasteiger partial charge in [0.1, 0.15) is 11.5 Å². The Kier molecular flexibility index (Phi) is 5.48. The van der Waals surface area contributed by atoms with Crippen LogP contribution in [0, 0.1) is 6.92 Å². The molecule has 6 nitrogen and oxygen atoms in total. The number of aromatic carboxylic acids is 1. The van der Waals surface area contributed by atoms with Crippen LogP contribution in [0.1, 0.15) is 21.7 Å². The van der Waals surface area contributed by atoms with E-state index in [-0.39, 0.29) is 11.5 Å². The summed E-state index contributed by atoms with van der Waals surface area (Å²) in [6.45, 7) is 1.91. The second-order valence-electron chi connectivity index (χ2n) is 6.47. The number of aliphatic imine (C=N–C) groups is 1. The van der Waals surface area contributed by atoms with E-state index in [1.165, 1.54) is 17.8 Å². The summed E-state index contributed by atoms with van der Waals surface area (Å²) in [6.07, 6.45) is 1.60. The molecule has 1 aliphatic rings. The molecule has 1 amide bonds. The van der Waals surface area contributed by atoms with Gasteiger partial charge in [0, 0.05) is 16.7 Å². The molecular formula is C22H15ClN2O4S. The zero-order valence-electron chi connectivity index (χ0n) is 15.7. The van der Waals surface area contributed by atoms with Crippen molar-refractivity contribution >= 4 is 52.2 Å². The summed E-state index contributed by atoms with van der Waals surface area (Å²) in [7, 11) is 0. The Balaban J connectivity index is 1.60. The van der Waals surface area contributed by atoms with Gasteiger partial charge in [-0.3, -0.25) is 4.79 Å². The van der Waals surface area contributed by atoms with Crippen LogP contribution in [0.25, 0.3) is 17.4 Å². The minimum atomic E-state index is -1.04. The SMILES string of the molecule is Cc1ccc(Cl)cc1N=C1NC(=O)/C(=C/c2ccc(-c3ccccc3C(=O)O)o2)S1. The number of benzene rings is 2. The third-order valence-electron chi connectivity index (χ3n) is 4.37. The van der Waals surface area contributed by atoms with Crippen LogP contribution in [0.2, 0.25) is 5.02 Å². The average molecular weight is 439 g/mol. The minimum Gasteiger partial charge on any atom is -0.478 e. The summed E-state index contributed by atoms with van der Waals surface area (Å²) in [5, 5.41) is 13.1. The summed E-state index contributed by atoms with van der Waals surface area (Å²) in [6, 6.07) is 15.3. The van der Waals surface area contributed by atoms with Gasteiger partial charge < -0.3 is 14.8 Å². The largest absolute Gasteiger partial charge is 0.478 e. The second kappa shape index (κ2) is 8.22. The zero-order chi connectivity index (χ0) is 21.3. The van der Waals surface area contributed by atoms with Gasteiger partial charge in [0.25, 0.3) is 5.91 Å². The highest BCUT2D eigenvalue weighted by Crippen LogP contribution is 2.32. The number of rotatable bonds is 4. The van der Waals surface area contributed by atoms with Crippen LogP contribution in [0.3, 0.4) is 0 Å². The van der Waals surface area contributed by atoms with Gasteiger partial charge in [0.05, 0.1) is 16.2 Å². The highest BCUT2D eigenvalue weighted by atomic mass is 35.5. The predicted octanol–water partition coefficient (Wildman–Crippen LogP) is 5.50. The molecule has 0 radical (unpaired) electrons. The van der Waals surface area contributed by atoms with Crippen molar-refractivity contribution in [2.75, 3.05) is 0 Å². The van der Waals surface area contributed by atoms with E-state index in [0.717, 1.165) is 5.56 Å². The van der Waals surface area contributed by atoms with E-state index in [2.05, 4.69) is 10.3 Å². The highest BCUT2D eigenvalue weighted by Gasteiger charge is 2.25. The van der Waals surface area contributed by atoms with Crippen LogP contribution in [-0.2, 0) is 4.79 Å². The van der Waals surface area contributed by atoms with Crippen LogP contribution < -0.4 is 5.32 Å². The molecule has 1 aliphatic heterocycles. The standard InChI is InChI=1S/C22H15ClN2O4S/c1-12-6-7-13(23)10-17(12)24-22-25-20(26)19(30-22)11-14-8-9-18(29-14)15-4-2-3-5-16(15)21(27)28/h2-11H,1H3,(H,27,28)(H,24,25,26)/b19-11-. The van der Waals surface area contributed by atoms with Crippen molar-refractivity contribution in [3.63, 3.8) is 0 Å². The molecule has 0 spiro atoms. The van der Waals surface area contributed by atoms with Gasteiger partial charge in [-0.05, 0) is 54.6 Å². The van der Waals surface area contributed by atoms with E-state index in [0.29, 0.717) is 37.9 Å². The molecule has 0 bridgehead atoms. The lowest BCUT2D eigenvalue weighted by molar-refractivity contribution is -0.115. The Morgan fingerprint density at radius 2 is 2.00 bits per heavy atom. The van der Waals surface area contributed by atoms with Crippen molar-refractivity contribution in [3.8, 4) is 11.3 Å².